The van der Waals surface area contributed by atoms with E-state index in [0.717, 1.165) is 0 Å². The maximum absolute atomic E-state index is 14.8. The Morgan fingerprint density at radius 1 is 1.32 bits per heavy atom. The van der Waals surface area contributed by atoms with E-state index in [1.807, 2.05) is 0 Å². The lowest BCUT2D eigenvalue weighted by atomic mass is 10.1. The second kappa shape index (κ2) is 8.92. The number of benzene rings is 1. The summed E-state index contributed by atoms with van der Waals surface area (Å²) in [5.74, 6) is -0.111. The molecule has 2 aromatic heterocycles. The van der Waals surface area contributed by atoms with Gasteiger partial charge in [0.25, 0.3) is 0 Å². The summed E-state index contributed by atoms with van der Waals surface area (Å²) in [5.41, 5.74) is 1.85. The molecule has 1 fully saturated rings. The Kier molecular flexibility index (Phi) is 5.89. The van der Waals surface area contributed by atoms with Crippen molar-refractivity contribution < 1.29 is 13.9 Å². The first-order valence-electron chi connectivity index (χ1n) is 9.53. The number of carbonyl (C=O) groups is 1. The van der Waals surface area contributed by atoms with Gasteiger partial charge in [-0.25, -0.2) is 9.18 Å². The van der Waals surface area contributed by atoms with Crippen LogP contribution < -0.4 is 10.2 Å². The second-order valence-electron chi connectivity index (χ2n) is 6.87. The van der Waals surface area contributed by atoms with E-state index in [1.165, 1.54) is 22.0 Å². The van der Waals surface area contributed by atoms with E-state index >= 15 is 0 Å². The Balaban J connectivity index is 1.45. The number of carbonyl (C=O) groups excluding carboxylic acids is 1. The monoisotopic (exact) mass is 426 g/mol. The van der Waals surface area contributed by atoms with Crippen molar-refractivity contribution in [2.75, 3.05) is 31.1 Å². The van der Waals surface area contributed by atoms with Crippen LogP contribution >= 0.6 is 0 Å². The van der Waals surface area contributed by atoms with Crippen LogP contribution in [0.15, 0.2) is 41.7 Å². The molecule has 0 saturated carbocycles. The van der Waals surface area contributed by atoms with Gasteiger partial charge in [0.1, 0.15) is 17.6 Å². The zero-order valence-electron chi connectivity index (χ0n) is 16.6. The van der Waals surface area contributed by atoms with Crippen LogP contribution in [0.5, 0.6) is 0 Å². The van der Waals surface area contributed by atoms with Crippen LogP contribution in [0.3, 0.4) is 0 Å². The molecular formula is C19H19FN8O3. The van der Waals surface area contributed by atoms with E-state index in [0.29, 0.717) is 41.4 Å². The third kappa shape index (κ3) is 4.53. The number of nitroso groups, excluding NO2 is 1. The molecule has 1 aliphatic rings. The Morgan fingerprint density at radius 3 is 2.87 bits per heavy atom. The van der Waals surface area contributed by atoms with Crippen molar-refractivity contribution in [1.29, 1.82) is 0 Å². The summed E-state index contributed by atoms with van der Waals surface area (Å²) >= 11 is 0. The van der Waals surface area contributed by atoms with E-state index in [1.54, 1.807) is 31.3 Å². The van der Waals surface area contributed by atoms with Crippen molar-refractivity contribution in [3.63, 3.8) is 0 Å². The summed E-state index contributed by atoms with van der Waals surface area (Å²) in [7, 11) is 1.65. The minimum absolute atomic E-state index is 0.141. The molecule has 1 aromatic carbocycles. The standard InChI is InChI=1S/C19H19FN8O3/c1-27-25-18(24-26-27)17-5-2-12(9-22-17)15-4-3-13(8-16(15)20)28-11-14(31-19(28)29)10-21-6-7-23-30/h2-5,8-9,14,21H,6-7,10-11H2,1H3/t14-/m0/s1. The molecule has 1 N–H and O–H groups in total. The number of nitrogens with zero attached hydrogens (tertiary/aromatic N) is 7. The Hall–Kier alpha value is -3.80. The minimum atomic E-state index is -0.546. The average Bonchev–Trinajstić information content (AvgIpc) is 3.37. The second-order valence-corrected chi connectivity index (χ2v) is 6.87. The van der Waals surface area contributed by atoms with Crippen LogP contribution in [-0.2, 0) is 11.8 Å². The van der Waals surface area contributed by atoms with Crippen molar-refractivity contribution in [3.05, 3.63) is 47.3 Å². The molecule has 0 spiro atoms. The largest absolute Gasteiger partial charge is 0.443 e. The molecule has 0 unspecified atom stereocenters. The van der Waals surface area contributed by atoms with Gasteiger partial charge in [-0.15, -0.1) is 10.2 Å². The number of ether oxygens (including phenoxy) is 1. The molecule has 3 aromatic rings. The fourth-order valence-corrected chi connectivity index (χ4v) is 3.20. The summed E-state index contributed by atoms with van der Waals surface area (Å²) in [4.78, 5) is 29.3. The first-order valence-corrected chi connectivity index (χ1v) is 9.53. The van der Waals surface area contributed by atoms with Crippen molar-refractivity contribution >= 4 is 11.8 Å². The van der Waals surface area contributed by atoms with E-state index in [4.69, 9.17) is 4.74 Å². The maximum atomic E-state index is 14.8. The highest BCUT2D eigenvalue weighted by Gasteiger charge is 2.32. The lowest BCUT2D eigenvalue weighted by Crippen LogP contribution is -2.32. The normalized spacial score (nSPS) is 15.9. The van der Waals surface area contributed by atoms with Crippen molar-refractivity contribution in [2.24, 2.45) is 12.2 Å². The third-order valence-electron chi connectivity index (χ3n) is 4.70. The number of hydrogen-bond acceptors (Lipinski definition) is 9. The number of aromatic nitrogens is 5. The van der Waals surface area contributed by atoms with E-state index in [-0.39, 0.29) is 13.1 Å². The van der Waals surface area contributed by atoms with Crippen molar-refractivity contribution in [2.45, 2.75) is 6.10 Å². The van der Waals surface area contributed by atoms with E-state index in [9.17, 15) is 14.1 Å². The summed E-state index contributed by atoms with van der Waals surface area (Å²) < 4.78 is 20.1. The highest BCUT2D eigenvalue weighted by Crippen LogP contribution is 2.29. The number of nitrogens with one attached hydrogen (secondary N) is 1. The highest BCUT2D eigenvalue weighted by molar-refractivity contribution is 5.90. The lowest BCUT2D eigenvalue weighted by Gasteiger charge is -2.14. The molecule has 31 heavy (non-hydrogen) atoms. The number of aryl methyl sites for hydroxylation is 1. The number of cyclic esters (lactones) is 1. The zero-order chi connectivity index (χ0) is 21.8. The summed E-state index contributed by atoms with van der Waals surface area (Å²) in [6, 6.07) is 7.95. The van der Waals surface area contributed by atoms with Crippen LogP contribution in [0.4, 0.5) is 14.9 Å². The SMILES string of the molecule is Cn1nnc(-c2ccc(-c3ccc(N4C[C@H](CNCCN=O)OC4=O)cc3F)cn2)n1. The number of halogens is 1. The first-order chi connectivity index (χ1) is 15.0. The summed E-state index contributed by atoms with van der Waals surface area (Å²) in [6.07, 6.45) is 0.590. The molecule has 0 bridgehead atoms. The van der Waals surface area contributed by atoms with Crippen LogP contribution in [0.1, 0.15) is 0 Å². The lowest BCUT2D eigenvalue weighted by molar-refractivity contribution is 0.140. The number of pyridine rings is 1. The third-order valence-corrected chi connectivity index (χ3v) is 4.70. The zero-order valence-corrected chi connectivity index (χ0v) is 16.6. The van der Waals surface area contributed by atoms with Gasteiger partial charge in [-0.2, -0.15) is 9.70 Å². The molecule has 11 nitrogen and oxygen atoms in total. The smallest absolute Gasteiger partial charge is 0.414 e. The molecule has 1 aliphatic heterocycles. The molecule has 160 valence electrons. The number of amides is 1. The fraction of sp³-hybridized carbons (Fsp3) is 0.316. The Morgan fingerprint density at radius 2 is 2.19 bits per heavy atom. The average molecular weight is 426 g/mol. The molecule has 4 rings (SSSR count). The molecule has 0 radical (unpaired) electrons. The summed E-state index contributed by atoms with van der Waals surface area (Å²) in [6.45, 7) is 1.21. The highest BCUT2D eigenvalue weighted by atomic mass is 19.1. The van der Waals surface area contributed by atoms with Gasteiger partial charge in [0.05, 0.1) is 25.8 Å². The molecule has 1 saturated heterocycles. The first kappa shape index (κ1) is 20.5. The predicted molar refractivity (Wildman–Crippen MR) is 109 cm³/mol. The van der Waals surface area contributed by atoms with Crippen molar-refractivity contribution in [3.8, 4) is 22.6 Å². The number of tetrazole rings is 1. The van der Waals surface area contributed by atoms with Gasteiger partial charge >= 0.3 is 6.09 Å². The van der Waals surface area contributed by atoms with Gasteiger partial charge in [0.2, 0.25) is 5.82 Å². The van der Waals surface area contributed by atoms with Gasteiger partial charge in [-0.1, -0.05) is 11.2 Å². The van der Waals surface area contributed by atoms with Gasteiger partial charge in [-0.3, -0.25) is 9.88 Å². The summed E-state index contributed by atoms with van der Waals surface area (Å²) in [5, 5.41) is 17.5. The molecule has 1 amide bonds. The number of rotatable bonds is 8. The van der Waals surface area contributed by atoms with Crippen molar-refractivity contribution in [1.82, 2.24) is 30.5 Å². The molecule has 3 heterocycles. The fourth-order valence-electron chi connectivity index (χ4n) is 3.20. The van der Waals surface area contributed by atoms with Crippen LogP contribution in [0, 0.1) is 10.7 Å². The number of hydrogen-bond donors (Lipinski definition) is 1. The predicted octanol–water partition coefficient (Wildman–Crippen LogP) is 1.76. The quantitative estimate of drug-likeness (QED) is 0.426. The van der Waals surface area contributed by atoms with Gasteiger partial charge in [0, 0.05) is 30.4 Å². The van der Waals surface area contributed by atoms with Crippen LogP contribution in [0.2, 0.25) is 0 Å². The van der Waals surface area contributed by atoms with Crippen LogP contribution in [0.25, 0.3) is 22.6 Å². The van der Waals surface area contributed by atoms with E-state index < -0.39 is 18.0 Å². The molecular weight excluding hydrogens is 407 g/mol. The Bertz CT molecular complexity index is 1090. The molecule has 0 aliphatic carbocycles. The maximum Gasteiger partial charge on any atom is 0.414 e. The van der Waals surface area contributed by atoms with Gasteiger partial charge < -0.3 is 10.1 Å². The van der Waals surface area contributed by atoms with E-state index in [2.05, 4.69) is 30.9 Å². The van der Waals surface area contributed by atoms with Gasteiger partial charge in [-0.05, 0) is 29.5 Å². The molecule has 1 atom stereocenters. The number of anilines is 1. The minimum Gasteiger partial charge on any atom is -0.443 e. The Labute approximate surface area is 176 Å². The topological polar surface area (TPSA) is 127 Å². The van der Waals surface area contributed by atoms with Gasteiger partial charge in [0.15, 0.2) is 0 Å². The van der Waals surface area contributed by atoms with Crippen LogP contribution in [-0.4, -0.2) is 63.6 Å². The molecule has 12 heteroatoms.